The number of benzene rings is 2. The summed E-state index contributed by atoms with van der Waals surface area (Å²) in [6.07, 6.45) is -0.334. The van der Waals surface area contributed by atoms with Crippen molar-refractivity contribution in [2.24, 2.45) is 10.9 Å². The molecular formula is C20H19ClN4O2S. The zero-order valence-electron chi connectivity index (χ0n) is 15.2. The first-order valence-electron chi connectivity index (χ1n) is 8.92. The number of halogens is 1. The van der Waals surface area contributed by atoms with Gasteiger partial charge in [-0.15, -0.1) is 0 Å². The SMILES string of the molecule is Cc1ccc(N2C(=O)C3CNNC3N=C2SCC(=O)c2ccccc2)cc1Cl. The minimum Gasteiger partial charge on any atom is -0.293 e. The van der Waals surface area contributed by atoms with Crippen molar-refractivity contribution in [2.75, 3.05) is 17.2 Å². The van der Waals surface area contributed by atoms with Crippen LogP contribution in [-0.4, -0.2) is 35.3 Å². The molecule has 2 aliphatic rings. The molecule has 2 aromatic carbocycles. The standard InChI is InChI=1S/C20H19ClN4O2S/c1-12-7-8-14(9-16(12)21)25-19(27)15-10-22-24-18(15)23-20(25)28-11-17(26)13-5-3-2-4-6-13/h2-9,15,18,22,24H,10-11H2,1H3. The van der Waals surface area contributed by atoms with Crippen LogP contribution in [0, 0.1) is 12.8 Å². The fourth-order valence-electron chi connectivity index (χ4n) is 3.16. The van der Waals surface area contributed by atoms with Gasteiger partial charge >= 0.3 is 0 Å². The molecule has 1 amide bonds. The number of hydrogen-bond donors (Lipinski definition) is 2. The predicted octanol–water partition coefficient (Wildman–Crippen LogP) is 3.02. The Labute approximate surface area is 172 Å². The Kier molecular flexibility index (Phi) is 5.50. The maximum absolute atomic E-state index is 13.2. The van der Waals surface area contributed by atoms with Gasteiger partial charge in [0.15, 0.2) is 11.0 Å². The topological polar surface area (TPSA) is 73.8 Å². The van der Waals surface area contributed by atoms with Crippen LogP contribution in [0.25, 0.3) is 0 Å². The van der Waals surface area contributed by atoms with Gasteiger partial charge in [-0.2, -0.15) is 0 Å². The highest BCUT2D eigenvalue weighted by Crippen LogP contribution is 2.31. The van der Waals surface area contributed by atoms with E-state index in [2.05, 4.69) is 15.8 Å². The molecule has 8 heteroatoms. The van der Waals surface area contributed by atoms with E-state index in [1.165, 1.54) is 11.8 Å². The third-order valence-electron chi connectivity index (χ3n) is 4.77. The molecule has 0 bridgehead atoms. The van der Waals surface area contributed by atoms with Crippen LogP contribution in [0.2, 0.25) is 5.02 Å². The van der Waals surface area contributed by atoms with Crippen molar-refractivity contribution in [3.63, 3.8) is 0 Å². The summed E-state index contributed by atoms with van der Waals surface area (Å²) in [4.78, 5) is 31.9. The Hall–Kier alpha value is -2.19. The molecular weight excluding hydrogens is 396 g/mol. The third-order valence-corrected chi connectivity index (χ3v) is 6.13. The maximum Gasteiger partial charge on any atom is 0.241 e. The van der Waals surface area contributed by atoms with E-state index in [4.69, 9.17) is 11.6 Å². The second-order valence-corrected chi connectivity index (χ2v) is 8.02. The van der Waals surface area contributed by atoms with Crippen LogP contribution >= 0.6 is 23.4 Å². The first kappa shape index (κ1) is 19.1. The molecule has 2 N–H and O–H groups in total. The fraction of sp³-hybridized carbons (Fsp3) is 0.250. The first-order valence-corrected chi connectivity index (χ1v) is 10.3. The Morgan fingerprint density at radius 3 is 2.82 bits per heavy atom. The van der Waals surface area contributed by atoms with E-state index in [0.29, 0.717) is 28.0 Å². The molecule has 144 valence electrons. The van der Waals surface area contributed by atoms with E-state index in [0.717, 1.165) is 5.56 Å². The van der Waals surface area contributed by atoms with Crippen LogP contribution in [0.3, 0.4) is 0 Å². The highest BCUT2D eigenvalue weighted by molar-refractivity contribution is 8.14. The molecule has 2 unspecified atom stereocenters. The minimum atomic E-state index is -0.334. The number of amides is 1. The molecule has 4 rings (SSSR count). The number of carbonyl (C=O) groups excluding carboxylic acids is 2. The highest BCUT2D eigenvalue weighted by Gasteiger charge is 2.42. The van der Waals surface area contributed by atoms with E-state index < -0.39 is 0 Å². The smallest absolute Gasteiger partial charge is 0.241 e. The van der Waals surface area contributed by atoms with Gasteiger partial charge in [-0.1, -0.05) is 59.8 Å². The Morgan fingerprint density at radius 1 is 1.29 bits per heavy atom. The monoisotopic (exact) mass is 414 g/mol. The number of rotatable bonds is 4. The van der Waals surface area contributed by atoms with E-state index in [1.807, 2.05) is 37.3 Å². The van der Waals surface area contributed by atoms with E-state index in [-0.39, 0.29) is 29.5 Å². The molecule has 2 aromatic rings. The van der Waals surface area contributed by atoms with Gasteiger partial charge in [-0.05, 0) is 24.6 Å². The van der Waals surface area contributed by atoms with Crippen LogP contribution < -0.4 is 15.8 Å². The largest absolute Gasteiger partial charge is 0.293 e. The molecule has 1 saturated heterocycles. The number of hydrogen-bond acceptors (Lipinski definition) is 6. The number of aliphatic imine (C=N–C) groups is 1. The molecule has 0 aliphatic carbocycles. The van der Waals surface area contributed by atoms with Crippen molar-refractivity contribution in [2.45, 2.75) is 13.1 Å². The molecule has 0 radical (unpaired) electrons. The van der Waals surface area contributed by atoms with Crippen LogP contribution in [0.1, 0.15) is 15.9 Å². The van der Waals surface area contributed by atoms with Crippen LogP contribution in [0.15, 0.2) is 53.5 Å². The quantitative estimate of drug-likeness (QED) is 0.752. The number of Topliss-reactive ketones (excluding diaryl/α,β-unsaturated/α-hetero) is 1. The van der Waals surface area contributed by atoms with Gasteiger partial charge in [0.05, 0.1) is 17.4 Å². The molecule has 6 nitrogen and oxygen atoms in total. The molecule has 0 spiro atoms. The summed E-state index contributed by atoms with van der Waals surface area (Å²) in [7, 11) is 0. The normalized spacial score (nSPS) is 21.4. The van der Waals surface area contributed by atoms with Gasteiger partial charge in [-0.25, -0.2) is 10.4 Å². The number of anilines is 1. The zero-order chi connectivity index (χ0) is 19.7. The molecule has 1 fully saturated rings. The lowest BCUT2D eigenvalue weighted by Gasteiger charge is -2.32. The van der Waals surface area contributed by atoms with Gasteiger partial charge in [-0.3, -0.25) is 19.9 Å². The summed E-state index contributed by atoms with van der Waals surface area (Å²) in [5.41, 5.74) is 8.24. The zero-order valence-corrected chi connectivity index (χ0v) is 16.8. The summed E-state index contributed by atoms with van der Waals surface area (Å²) >= 11 is 7.54. The lowest BCUT2D eigenvalue weighted by molar-refractivity contribution is -0.121. The average molecular weight is 415 g/mol. The summed E-state index contributed by atoms with van der Waals surface area (Å²) in [6.45, 7) is 2.41. The average Bonchev–Trinajstić information content (AvgIpc) is 3.18. The lowest BCUT2D eigenvalue weighted by atomic mass is 10.0. The molecule has 28 heavy (non-hydrogen) atoms. The third kappa shape index (κ3) is 3.71. The molecule has 0 saturated carbocycles. The predicted molar refractivity (Wildman–Crippen MR) is 113 cm³/mol. The Balaban J connectivity index is 1.62. The minimum absolute atomic E-state index is 0.0118. The number of nitrogens with one attached hydrogen (secondary N) is 2. The molecule has 2 aliphatic heterocycles. The van der Waals surface area contributed by atoms with Gasteiger partial charge < -0.3 is 0 Å². The number of ketones is 1. The first-order chi connectivity index (χ1) is 13.5. The second kappa shape index (κ2) is 8.05. The van der Waals surface area contributed by atoms with Gasteiger partial charge in [0.2, 0.25) is 5.91 Å². The molecule has 0 aromatic heterocycles. The van der Waals surface area contributed by atoms with E-state index >= 15 is 0 Å². The van der Waals surface area contributed by atoms with Crippen molar-refractivity contribution in [1.29, 1.82) is 0 Å². The highest BCUT2D eigenvalue weighted by atomic mass is 35.5. The van der Waals surface area contributed by atoms with Crippen LogP contribution in [0.4, 0.5) is 5.69 Å². The number of carbonyl (C=O) groups is 2. The Morgan fingerprint density at radius 2 is 2.07 bits per heavy atom. The summed E-state index contributed by atoms with van der Waals surface area (Å²) < 4.78 is 0. The number of aryl methyl sites for hydroxylation is 1. The van der Waals surface area contributed by atoms with Gasteiger partial charge in [0.1, 0.15) is 6.17 Å². The number of fused-ring (bicyclic) bond motifs is 1. The van der Waals surface area contributed by atoms with Crippen molar-refractivity contribution < 1.29 is 9.59 Å². The summed E-state index contributed by atoms with van der Waals surface area (Å²) in [5.74, 6) is -0.180. The van der Waals surface area contributed by atoms with Crippen molar-refractivity contribution >= 4 is 45.9 Å². The fourth-order valence-corrected chi connectivity index (χ4v) is 4.28. The molecule has 2 heterocycles. The van der Waals surface area contributed by atoms with Crippen molar-refractivity contribution in [3.8, 4) is 0 Å². The second-order valence-electron chi connectivity index (χ2n) is 6.67. The van der Waals surface area contributed by atoms with Gasteiger partial charge in [0, 0.05) is 17.1 Å². The summed E-state index contributed by atoms with van der Waals surface area (Å²) in [6, 6.07) is 14.6. The van der Waals surface area contributed by atoms with E-state index in [9.17, 15) is 9.59 Å². The number of thioether (sulfide) groups is 1. The molecule has 2 atom stereocenters. The number of nitrogens with zero attached hydrogens (tertiary/aromatic N) is 2. The number of hydrazine groups is 1. The summed E-state index contributed by atoms with van der Waals surface area (Å²) in [5, 5.41) is 1.08. The van der Waals surface area contributed by atoms with Crippen LogP contribution in [-0.2, 0) is 4.79 Å². The van der Waals surface area contributed by atoms with Crippen molar-refractivity contribution in [1.82, 2.24) is 10.9 Å². The van der Waals surface area contributed by atoms with Crippen molar-refractivity contribution in [3.05, 3.63) is 64.7 Å². The Bertz CT molecular complexity index is 950. The maximum atomic E-state index is 13.2. The van der Waals surface area contributed by atoms with Crippen LogP contribution in [0.5, 0.6) is 0 Å². The number of amidine groups is 1. The van der Waals surface area contributed by atoms with Gasteiger partial charge in [0.25, 0.3) is 0 Å². The van der Waals surface area contributed by atoms with E-state index in [1.54, 1.807) is 23.1 Å². The lowest BCUT2D eigenvalue weighted by Crippen LogP contribution is -2.49.